The third kappa shape index (κ3) is 3.02. The standard InChI is InChI=1S/C14H21NS/c1-2-16-14(12-6-4-3-5-7-12)13-8-10-15-11-9-13/h3-7,13-15H,2,8-11H2,1H3. The quantitative estimate of drug-likeness (QED) is 0.857. The fraction of sp³-hybridized carbons (Fsp3) is 0.571. The highest BCUT2D eigenvalue weighted by Crippen LogP contribution is 2.39. The Kier molecular flexibility index (Phi) is 4.73. The first-order valence-corrected chi connectivity index (χ1v) is 7.34. The van der Waals surface area contributed by atoms with Gasteiger partial charge in [-0.2, -0.15) is 11.8 Å². The smallest absolute Gasteiger partial charge is 0.0326 e. The number of nitrogens with one attached hydrogen (secondary N) is 1. The van der Waals surface area contributed by atoms with Crippen molar-refractivity contribution in [1.29, 1.82) is 0 Å². The Balaban J connectivity index is 2.09. The SMILES string of the molecule is CCSC(c1ccccc1)C1CCNCC1. The first-order valence-electron chi connectivity index (χ1n) is 6.29. The van der Waals surface area contributed by atoms with E-state index >= 15 is 0 Å². The molecule has 0 amide bonds. The molecule has 1 atom stereocenters. The highest BCUT2D eigenvalue weighted by atomic mass is 32.2. The summed E-state index contributed by atoms with van der Waals surface area (Å²) in [6, 6.07) is 11.0. The molecule has 1 N–H and O–H groups in total. The molecule has 0 spiro atoms. The maximum Gasteiger partial charge on any atom is 0.0326 e. The van der Waals surface area contributed by atoms with Crippen LogP contribution in [0.25, 0.3) is 0 Å². The van der Waals surface area contributed by atoms with Gasteiger partial charge in [0.25, 0.3) is 0 Å². The van der Waals surface area contributed by atoms with Crippen molar-refractivity contribution >= 4 is 11.8 Å². The van der Waals surface area contributed by atoms with Crippen LogP contribution in [0.15, 0.2) is 30.3 Å². The Bertz CT molecular complexity index is 293. The largest absolute Gasteiger partial charge is 0.317 e. The Morgan fingerprint density at radius 2 is 1.94 bits per heavy atom. The molecule has 2 heteroatoms. The predicted molar refractivity (Wildman–Crippen MR) is 72.9 cm³/mol. The summed E-state index contributed by atoms with van der Waals surface area (Å²) in [5, 5.41) is 4.16. The van der Waals surface area contributed by atoms with E-state index in [1.54, 1.807) is 0 Å². The van der Waals surface area contributed by atoms with Crippen LogP contribution in [-0.2, 0) is 0 Å². The van der Waals surface area contributed by atoms with E-state index in [2.05, 4.69) is 54.3 Å². The fourth-order valence-electron chi connectivity index (χ4n) is 2.47. The number of piperidine rings is 1. The average Bonchev–Trinajstić information content (AvgIpc) is 2.38. The van der Waals surface area contributed by atoms with Gasteiger partial charge in [0.2, 0.25) is 0 Å². The Hall–Kier alpha value is -0.470. The zero-order chi connectivity index (χ0) is 11.2. The molecule has 1 aliphatic rings. The van der Waals surface area contributed by atoms with Crippen LogP contribution < -0.4 is 5.32 Å². The van der Waals surface area contributed by atoms with E-state index < -0.39 is 0 Å². The molecule has 1 unspecified atom stereocenters. The zero-order valence-corrected chi connectivity index (χ0v) is 10.8. The van der Waals surface area contributed by atoms with E-state index in [0.29, 0.717) is 5.25 Å². The van der Waals surface area contributed by atoms with Gasteiger partial charge in [0.05, 0.1) is 0 Å². The van der Waals surface area contributed by atoms with Crippen molar-refractivity contribution in [3.05, 3.63) is 35.9 Å². The molecule has 1 aliphatic heterocycles. The minimum atomic E-state index is 0.702. The van der Waals surface area contributed by atoms with Gasteiger partial charge >= 0.3 is 0 Å². The van der Waals surface area contributed by atoms with Gasteiger partial charge in [0.15, 0.2) is 0 Å². The Labute approximate surface area is 103 Å². The molecule has 1 nitrogen and oxygen atoms in total. The van der Waals surface area contributed by atoms with Crippen LogP contribution in [0.2, 0.25) is 0 Å². The Morgan fingerprint density at radius 1 is 1.25 bits per heavy atom. The molecule has 2 rings (SSSR count). The lowest BCUT2D eigenvalue weighted by Crippen LogP contribution is -2.30. The van der Waals surface area contributed by atoms with Crippen LogP contribution in [0, 0.1) is 5.92 Å². The van der Waals surface area contributed by atoms with Gasteiger partial charge in [-0.15, -0.1) is 0 Å². The molecule has 16 heavy (non-hydrogen) atoms. The summed E-state index contributed by atoms with van der Waals surface area (Å²) in [4.78, 5) is 0. The van der Waals surface area contributed by atoms with Crippen molar-refractivity contribution < 1.29 is 0 Å². The molecule has 1 saturated heterocycles. The molecular formula is C14H21NS. The fourth-order valence-corrected chi connectivity index (χ4v) is 3.73. The molecule has 1 fully saturated rings. The van der Waals surface area contributed by atoms with E-state index in [4.69, 9.17) is 0 Å². The minimum absolute atomic E-state index is 0.702. The van der Waals surface area contributed by atoms with Gasteiger partial charge in [-0.1, -0.05) is 37.3 Å². The van der Waals surface area contributed by atoms with Crippen molar-refractivity contribution in [1.82, 2.24) is 5.32 Å². The van der Waals surface area contributed by atoms with E-state index in [0.717, 1.165) is 5.92 Å². The summed E-state index contributed by atoms with van der Waals surface area (Å²) in [6.07, 6.45) is 2.65. The van der Waals surface area contributed by atoms with E-state index in [-0.39, 0.29) is 0 Å². The number of benzene rings is 1. The third-order valence-electron chi connectivity index (χ3n) is 3.29. The normalized spacial score (nSPS) is 19.6. The maximum atomic E-state index is 3.45. The second-order valence-electron chi connectivity index (χ2n) is 4.37. The van der Waals surface area contributed by atoms with Crippen molar-refractivity contribution in [3.63, 3.8) is 0 Å². The van der Waals surface area contributed by atoms with Crippen LogP contribution in [-0.4, -0.2) is 18.8 Å². The monoisotopic (exact) mass is 235 g/mol. The number of hydrogen-bond donors (Lipinski definition) is 1. The van der Waals surface area contributed by atoms with Gasteiger partial charge in [-0.3, -0.25) is 0 Å². The summed E-state index contributed by atoms with van der Waals surface area (Å²) in [7, 11) is 0. The molecule has 1 aromatic rings. The molecule has 0 aromatic heterocycles. The summed E-state index contributed by atoms with van der Waals surface area (Å²) >= 11 is 2.11. The topological polar surface area (TPSA) is 12.0 Å². The van der Waals surface area contributed by atoms with Crippen LogP contribution in [0.3, 0.4) is 0 Å². The third-order valence-corrected chi connectivity index (χ3v) is 4.64. The highest BCUT2D eigenvalue weighted by Gasteiger charge is 2.24. The maximum absolute atomic E-state index is 3.45. The second-order valence-corrected chi connectivity index (χ2v) is 5.79. The Morgan fingerprint density at radius 3 is 2.56 bits per heavy atom. The summed E-state index contributed by atoms with van der Waals surface area (Å²) in [5.74, 6) is 2.07. The van der Waals surface area contributed by atoms with Crippen LogP contribution in [0.4, 0.5) is 0 Å². The first-order chi connectivity index (χ1) is 7.92. The zero-order valence-electron chi connectivity index (χ0n) is 9.99. The lowest BCUT2D eigenvalue weighted by atomic mass is 9.90. The van der Waals surface area contributed by atoms with Crippen molar-refractivity contribution in [3.8, 4) is 0 Å². The van der Waals surface area contributed by atoms with Gasteiger partial charge in [-0.25, -0.2) is 0 Å². The van der Waals surface area contributed by atoms with Crippen LogP contribution in [0.1, 0.15) is 30.6 Å². The lowest BCUT2D eigenvalue weighted by molar-refractivity contribution is 0.367. The van der Waals surface area contributed by atoms with Crippen molar-refractivity contribution in [2.24, 2.45) is 5.92 Å². The van der Waals surface area contributed by atoms with Crippen LogP contribution >= 0.6 is 11.8 Å². The summed E-state index contributed by atoms with van der Waals surface area (Å²) in [6.45, 7) is 4.65. The van der Waals surface area contributed by atoms with Crippen molar-refractivity contribution in [2.45, 2.75) is 25.0 Å². The van der Waals surface area contributed by atoms with E-state index in [9.17, 15) is 0 Å². The van der Waals surface area contributed by atoms with Gasteiger partial charge in [0, 0.05) is 5.25 Å². The lowest BCUT2D eigenvalue weighted by Gasteiger charge is -2.30. The van der Waals surface area contributed by atoms with Crippen molar-refractivity contribution in [2.75, 3.05) is 18.8 Å². The minimum Gasteiger partial charge on any atom is -0.317 e. The molecule has 0 radical (unpaired) electrons. The van der Waals surface area contributed by atoms with E-state index in [1.165, 1.54) is 37.2 Å². The number of rotatable bonds is 4. The van der Waals surface area contributed by atoms with Gasteiger partial charge in [-0.05, 0) is 43.2 Å². The molecular weight excluding hydrogens is 214 g/mol. The van der Waals surface area contributed by atoms with Gasteiger partial charge < -0.3 is 5.32 Å². The number of thioether (sulfide) groups is 1. The molecule has 0 bridgehead atoms. The van der Waals surface area contributed by atoms with E-state index in [1.807, 2.05) is 0 Å². The molecule has 0 aliphatic carbocycles. The summed E-state index contributed by atoms with van der Waals surface area (Å²) in [5.41, 5.74) is 1.52. The predicted octanol–water partition coefficient (Wildman–Crippen LogP) is 3.48. The summed E-state index contributed by atoms with van der Waals surface area (Å²) < 4.78 is 0. The second kappa shape index (κ2) is 6.31. The molecule has 1 heterocycles. The average molecular weight is 235 g/mol. The molecule has 88 valence electrons. The van der Waals surface area contributed by atoms with Crippen LogP contribution in [0.5, 0.6) is 0 Å². The highest BCUT2D eigenvalue weighted by molar-refractivity contribution is 7.99. The van der Waals surface area contributed by atoms with Gasteiger partial charge in [0.1, 0.15) is 0 Å². The first kappa shape index (κ1) is 12.0. The number of hydrogen-bond acceptors (Lipinski definition) is 2. The molecule has 0 saturated carbocycles. The molecule has 1 aromatic carbocycles.